The first-order valence-electron chi connectivity index (χ1n) is 6.37. The zero-order valence-corrected chi connectivity index (χ0v) is 11.2. The fraction of sp³-hybridized carbons (Fsp3) is 1.00. The van der Waals surface area contributed by atoms with Crippen molar-refractivity contribution in [3.8, 4) is 0 Å². The highest BCUT2D eigenvalue weighted by atomic mass is 14.4. The van der Waals surface area contributed by atoms with Crippen LogP contribution in [0.3, 0.4) is 0 Å². The quantitative estimate of drug-likeness (QED) is 0.500. The summed E-state index contributed by atoms with van der Waals surface area (Å²) in [6.45, 7) is 14.2. The van der Waals surface area contributed by atoms with E-state index in [1.165, 1.54) is 38.5 Å². The summed E-state index contributed by atoms with van der Waals surface area (Å²) in [4.78, 5) is 0. The molecule has 0 nitrogen and oxygen atoms in total. The van der Waals surface area contributed by atoms with Crippen LogP contribution in [0.5, 0.6) is 0 Å². The van der Waals surface area contributed by atoms with Crippen molar-refractivity contribution in [1.29, 1.82) is 0 Å². The number of rotatable bonds is 6. The Balaban J connectivity index is 4.01. The van der Waals surface area contributed by atoms with E-state index in [4.69, 9.17) is 0 Å². The maximum absolute atomic E-state index is 2.46. The highest BCUT2D eigenvalue weighted by Crippen LogP contribution is 2.45. The Morgan fingerprint density at radius 2 is 1.36 bits per heavy atom. The molecule has 0 rings (SSSR count). The molecule has 14 heavy (non-hydrogen) atoms. The first-order chi connectivity index (χ1) is 6.37. The second-order valence-electron chi connectivity index (χ2n) is 5.97. The van der Waals surface area contributed by atoms with Crippen LogP contribution in [-0.4, -0.2) is 0 Å². The fourth-order valence-corrected chi connectivity index (χ4v) is 2.02. The van der Waals surface area contributed by atoms with Crippen LogP contribution < -0.4 is 0 Å². The third-order valence-electron chi connectivity index (χ3n) is 4.17. The molecule has 0 bridgehead atoms. The normalized spacial score (nSPS) is 16.7. The highest BCUT2D eigenvalue weighted by molar-refractivity contribution is 4.85. The van der Waals surface area contributed by atoms with Gasteiger partial charge in [0, 0.05) is 0 Å². The predicted molar refractivity (Wildman–Crippen MR) is 66.6 cm³/mol. The zero-order valence-electron chi connectivity index (χ0n) is 11.2. The van der Waals surface area contributed by atoms with Gasteiger partial charge in [-0.1, -0.05) is 73.6 Å². The van der Waals surface area contributed by atoms with Crippen LogP contribution in [0.4, 0.5) is 0 Å². The van der Waals surface area contributed by atoms with Gasteiger partial charge < -0.3 is 0 Å². The van der Waals surface area contributed by atoms with E-state index in [1.807, 2.05) is 0 Å². The number of unbranched alkanes of at least 4 members (excludes halogenated alkanes) is 3. The molecule has 0 aromatic heterocycles. The van der Waals surface area contributed by atoms with Gasteiger partial charge in [0.1, 0.15) is 0 Å². The molecule has 0 aromatic carbocycles. The lowest BCUT2D eigenvalue weighted by Gasteiger charge is -2.42. The van der Waals surface area contributed by atoms with E-state index < -0.39 is 0 Å². The Morgan fingerprint density at radius 1 is 0.786 bits per heavy atom. The van der Waals surface area contributed by atoms with Crippen LogP contribution in [-0.2, 0) is 0 Å². The molecule has 0 N–H and O–H groups in total. The molecule has 0 fully saturated rings. The van der Waals surface area contributed by atoms with Crippen LogP contribution in [0.1, 0.15) is 80.1 Å². The van der Waals surface area contributed by atoms with Gasteiger partial charge in [0.15, 0.2) is 0 Å². The molecular formula is C14H30. The van der Waals surface area contributed by atoms with E-state index in [0.29, 0.717) is 10.8 Å². The van der Waals surface area contributed by atoms with Gasteiger partial charge >= 0.3 is 0 Å². The molecule has 0 radical (unpaired) electrons. The molecule has 0 aliphatic rings. The van der Waals surface area contributed by atoms with Crippen LogP contribution in [0.25, 0.3) is 0 Å². The second-order valence-corrected chi connectivity index (χ2v) is 5.97. The minimum Gasteiger partial charge on any atom is -0.0654 e. The van der Waals surface area contributed by atoms with Crippen molar-refractivity contribution in [3.05, 3.63) is 0 Å². The lowest BCUT2D eigenvalue weighted by atomic mass is 9.64. The molecule has 0 aromatic rings. The lowest BCUT2D eigenvalue weighted by Crippen LogP contribution is -2.32. The Morgan fingerprint density at radius 3 is 1.71 bits per heavy atom. The topological polar surface area (TPSA) is 0 Å². The van der Waals surface area contributed by atoms with Gasteiger partial charge in [0.05, 0.1) is 0 Å². The summed E-state index contributed by atoms with van der Waals surface area (Å²) in [5.41, 5.74) is 0.981. The fourth-order valence-electron chi connectivity index (χ4n) is 2.02. The van der Waals surface area contributed by atoms with Gasteiger partial charge in [0.2, 0.25) is 0 Å². The third kappa shape index (κ3) is 4.02. The highest BCUT2D eigenvalue weighted by Gasteiger charge is 2.34. The molecule has 86 valence electrons. The molecule has 0 amide bonds. The maximum Gasteiger partial charge on any atom is -0.0280 e. The predicted octanol–water partition coefficient (Wildman–Crippen LogP) is 5.42. The third-order valence-corrected chi connectivity index (χ3v) is 4.17. The van der Waals surface area contributed by atoms with Crippen molar-refractivity contribution >= 4 is 0 Å². The summed E-state index contributed by atoms with van der Waals surface area (Å²) in [6.07, 6.45) is 8.29. The Hall–Kier alpha value is 0. The van der Waals surface area contributed by atoms with Crippen molar-refractivity contribution < 1.29 is 0 Å². The van der Waals surface area contributed by atoms with Crippen LogP contribution in [0.2, 0.25) is 0 Å². The van der Waals surface area contributed by atoms with E-state index in [9.17, 15) is 0 Å². The van der Waals surface area contributed by atoms with Gasteiger partial charge in [-0.3, -0.25) is 0 Å². The minimum atomic E-state index is 0.452. The molecule has 1 atom stereocenters. The number of hydrogen-bond acceptors (Lipinski definition) is 0. The van der Waals surface area contributed by atoms with E-state index in [0.717, 1.165) is 0 Å². The summed E-state index contributed by atoms with van der Waals surface area (Å²) < 4.78 is 0. The van der Waals surface area contributed by atoms with Crippen molar-refractivity contribution in [1.82, 2.24) is 0 Å². The van der Waals surface area contributed by atoms with Gasteiger partial charge in [-0.25, -0.2) is 0 Å². The first kappa shape index (κ1) is 14.0. The number of hydrogen-bond donors (Lipinski definition) is 0. The van der Waals surface area contributed by atoms with Gasteiger partial charge in [-0.15, -0.1) is 0 Å². The Bertz CT molecular complexity index is 141. The molecule has 0 heteroatoms. The van der Waals surface area contributed by atoms with E-state index >= 15 is 0 Å². The summed E-state index contributed by atoms with van der Waals surface area (Å²) in [5.74, 6) is 0. The van der Waals surface area contributed by atoms with E-state index in [1.54, 1.807) is 0 Å². The minimum absolute atomic E-state index is 0.452. The van der Waals surface area contributed by atoms with Crippen molar-refractivity contribution in [2.75, 3.05) is 0 Å². The molecule has 0 aliphatic heterocycles. The van der Waals surface area contributed by atoms with E-state index in [2.05, 4.69) is 41.5 Å². The van der Waals surface area contributed by atoms with Gasteiger partial charge in [0.25, 0.3) is 0 Å². The lowest BCUT2D eigenvalue weighted by molar-refractivity contribution is 0.0874. The second kappa shape index (κ2) is 5.78. The molecule has 0 saturated heterocycles. The van der Waals surface area contributed by atoms with Crippen molar-refractivity contribution in [3.63, 3.8) is 0 Å². The molecule has 0 spiro atoms. The Kier molecular flexibility index (Phi) is 5.78. The SMILES string of the molecule is CCCCCCC(C)(CC)C(C)(C)C. The van der Waals surface area contributed by atoms with Crippen molar-refractivity contribution in [2.45, 2.75) is 80.1 Å². The Labute approximate surface area is 91.5 Å². The van der Waals surface area contributed by atoms with Gasteiger partial charge in [-0.05, 0) is 17.3 Å². The summed E-state index contributed by atoms with van der Waals surface area (Å²) >= 11 is 0. The first-order valence-corrected chi connectivity index (χ1v) is 6.37. The van der Waals surface area contributed by atoms with Gasteiger partial charge in [-0.2, -0.15) is 0 Å². The molecule has 1 unspecified atom stereocenters. The largest absolute Gasteiger partial charge is 0.0654 e. The van der Waals surface area contributed by atoms with E-state index in [-0.39, 0.29) is 0 Å². The monoisotopic (exact) mass is 198 g/mol. The molecule has 0 heterocycles. The summed E-state index contributed by atoms with van der Waals surface area (Å²) in [6, 6.07) is 0. The summed E-state index contributed by atoms with van der Waals surface area (Å²) in [7, 11) is 0. The smallest absolute Gasteiger partial charge is 0.0280 e. The van der Waals surface area contributed by atoms with Crippen molar-refractivity contribution in [2.24, 2.45) is 10.8 Å². The van der Waals surface area contributed by atoms with Crippen LogP contribution in [0, 0.1) is 10.8 Å². The molecule has 0 aliphatic carbocycles. The molecular weight excluding hydrogens is 168 g/mol. The maximum atomic E-state index is 2.46. The standard InChI is InChI=1S/C14H30/c1-7-9-10-11-12-14(6,8-2)13(3,4)5/h7-12H2,1-6H3. The van der Waals surface area contributed by atoms with Crippen LogP contribution >= 0.6 is 0 Å². The average Bonchev–Trinajstić information content (AvgIpc) is 2.10. The molecule has 0 saturated carbocycles. The zero-order chi connectivity index (χ0) is 11.2. The van der Waals surface area contributed by atoms with Crippen LogP contribution in [0.15, 0.2) is 0 Å². The summed E-state index contributed by atoms with van der Waals surface area (Å²) in [5, 5.41) is 0. The average molecular weight is 198 g/mol.